The van der Waals surface area contributed by atoms with Gasteiger partial charge in [-0.1, -0.05) is 0 Å². The molecule has 49 heavy (non-hydrogen) atoms. The summed E-state index contributed by atoms with van der Waals surface area (Å²) in [6.07, 6.45) is 4.67. The summed E-state index contributed by atoms with van der Waals surface area (Å²) in [7, 11) is 1.65. The zero-order valence-corrected chi connectivity index (χ0v) is 27.2. The summed E-state index contributed by atoms with van der Waals surface area (Å²) in [4.78, 5) is 42.4. The lowest BCUT2D eigenvalue weighted by molar-refractivity contribution is -0.0660. The average Bonchev–Trinajstić information content (AvgIpc) is 3.44. The molecule has 0 unspecified atom stereocenters. The van der Waals surface area contributed by atoms with Gasteiger partial charge >= 0.3 is 0 Å². The minimum atomic E-state index is -2.79. The molecule has 4 aliphatic rings. The number of fused-ring (bicyclic) bond motifs is 3. The summed E-state index contributed by atoms with van der Waals surface area (Å²) >= 11 is 0. The van der Waals surface area contributed by atoms with Gasteiger partial charge in [0.2, 0.25) is 0 Å². The van der Waals surface area contributed by atoms with Crippen LogP contribution in [0.25, 0.3) is 11.1 Å². The number of aliphatic hydroxyl groups excluding tert-OH is 1. The standard InChI is InChI=1S/C35H38F2N8O4/c1-41-18-23(14-28(33(41)47)40-31-3-2-24(17-39-31)42-8-10-43(11-9-42)25-20-49-21-25)26-5-7-38-32(27(26)19-46)45-13-12-44-29(34(45)48)15-22-4-6-35(36,37)16-30(22)44/h2-3,5,7,14-15,17-18,25,46H,4,6,8-13,16,19-21H2,1H3,(H,39,40). The van der Waals surface area contributed by atoms with Gasteiger partial charge in [0.25, 0.3) is 17.4 Å². The van der Waals surface area contributed by atoms with Crippen molar-refractivity contribution in [2.75, 3.05) is 61.1 Å². The van der Waals surface area contributed by atoms with Crippen LogP contribution >= 0.6 is 0 Å². The summed E-state index contributed by atoms with van der Waals surface area (Å²) in [5, 5.41) is 13.8. The van der Waals surface area contributed by atoms with Gasteiger partial charge in [0, 0.05) is 82.0 Å². The van der Waals surface area contributed by atoms with Crippen molar-refractivity contribution in [3.63, 3.8) is 0 Å². The molecule has 0 radical (unpaired) electrons. The minimum absolute atomic E-state index is 0.217. The molecule has 0 aromatic carbocycles. The number of aryl methyl sites for hydroxylation is 2. The number of pyridine rings is 3. The van der Waals surface area contributed by atoms with Gasteiger partial charge in [0.05, 0.1) is 44.2 Å². The first-order chi connectivity index (χ1) is 23.7. The number of ether oxygens (including phenoxy) is 1. The second kappa shape index (κ2) is 12.3. The van der Waals surface area contributed by atoms with Crippen molar-refractivity contribution in [3.8, 4) is 11.1 Å². The van der Waals surface area contributed by atoms with E-state index in [0.717, 1.165) is 50.6 Å². The van der Waals surface area contributed by atoms with Crippen LogP contribution in [0.4, 0.5) is 31.8 Å². The van der Waals surface area contributed by atoms with Crippen molar-refractivity contribution in [2.45, 2.75) is 44.4 Å². The molecule has 14 heteroatoms. The van der Waals surface area contributed by atoms with E-state index in [-0.39, 0.29) is 37.3 Å². The van der Waals surface area contributed by atoms with Crippen LogP contribution in [0.1, 0.15) is 33.7 Å². The van der Waals surface area contributed by atoms with E-state index in [0.29, 0.717) is 58.0 Å². The summed E-state index contributed by atoms with van der Waals surface area (Å²) in [6.45, 7) is 5.55. The fourth-order valence-electron chi connectivity index (χ4n) is 7.45. The molecule has 3 aliphatic heterocycles. The highest BCUT2D eigenvalue weighted by Crippen LogP contribution is 2.38. The van der Waals surface area contributed by atoms with E-state index < -0.39 is 12.5 Å². The number of carbonyl (C=O) groups is 1. The predicted molar refractivity (Wildman–Crippen MR) is 180 cm³/mol. The number of hydrogen-bond donors (Lipinski definition) is 2. The molecule has 0 bridgehead atoms. The summed E-state index contributed by atoms with van der Waals surface area (Å²) in [5.74, 6) is -2.32. The Hall–Kier alpha value is -4.66. The Kier molecular flexibility index (Phi) is 7.96. The number of piperazine rings is 1. The molecule has 7 heterocycles. The second-order valence-electron chi connectivity index (χ2n) is 13.3. The van der Waals surface area contributed by atoms with E-state index in [1.807, 2.05) is 18.3 Å². The number of aliphatic hydroxyl groups is 1. The predicted octanol–water partition coefficient (Wildman–Crippen LogP) is 3.18. The molecule has 1 aliphatic carbocycles. The summed E-state index contributed by atoms with van der Waals surface area (Å²) in [6, 6.07) is 9.55. The molecule has 4 aromatic rings. The maximum Gasteiger partial charge on any atom is 0.276 e. The van der Waals surface area contributed by atoms with Gasteiger partial charge in [0.15, 0.2) is 0 Å². The molecular weight excluding hydrogens is 634 g/mol. The van der Waals surface area contributed by atoms with Crippen molar-refractivity contribution in [3.05, 3.63) is 81.8 Å². The molecule has 2 saturated heterocycles. The second-order valence-corrected chi connectivity index (χ2v) is 13.3. The van der Waals surface area contributed by atoms with Crippen LogP contribution in [0.5, 0.6) is 0 Å². The van der Waals surface area contributed by atoms with Crippen LogP contribution in [-0.4, -0.2) is 92.9 Å². The fraction of sp³-hybridized carbons (Fsp3) is 0.429. The third kappa shape index (κ3) is 5.77. The Morgan fingerprint density at radius 3 is 2.57 bits per heavy atom. The van der Waals surface area contributed by atoms with Gasteiger partial charge in [0.1, 0.15) is 23.0 Å². The fourth-order valence-corrected chi connectivity index (χ4v) is 7.45. The largest absolute Gasteiger partial charge is 0.392 e. The van der Waals surface area contributed by atoms with Gasteiger partial charge in [-0.15, -0.1) is 0 Å². The quantitative estimate of drug-likeness (QED) is 0.305. The Labute approximate surface area is 281 Å². The third-order valence-corrected chi connectivity index (χ3v) is 10.3. The first-order valence-electron chi connectivity index (χ1n) is 16.7. The highest BCUT2D eigenvalue weighted by Gasteiger charge is 2.40. The first kappa shape index (κ1) is 31.6. The van der Waals surface area contributed by atoms with Crippen LogP contribution in [0, 0.1) is 0 Å². The SMILES string of the molecule is Cn1cc(-c2ccnc(N3CCn4c(cc5c4CC(F)(F)CC5)C3=O)c2CO)cc(Nc2ccc(N3CCN(C4COC4)CC3)cn2)c1=O. The molecule has 0 atom stereocenters. The Balaban J connectivity index is 1.03. The average molecular weight is 673 g/mol. The minimum Gasteiger partial charge on any atom is -0.392 e. The zero-order valence-electron chi connectivity index (χ0n) is 27.2. The smallest absolute Gasteiger partial charge is 0.276 e. The van der Waals surface area contributed by atoms with Gasteiger partial charge < -0.3 is 29.2 Å². The maximum absolute atomic E-state index is 14.2. The van der Waals surface area contributed by atoms with Crippen LogP contribution in [0.3, 0.4) is 0 Å². The van der Waals surface area contributed by atoms with E-state index >= 15 is 0 Å². The number of nitrogens with one attached hydrogen (secondary N) is 1. The number of amides is 1. The van der Waals surface area contributed by atoms with E-state index in [9.17, 15) is 23.5 Å². The molecule has 8 rings (SSSR count). The van der Waals surface area contributed by atoms with Crippen LogP contribution in [0.2, 0.25) is 0 Å². The van der Waals surface area contributed by atoms with Crippen molar-refractivity contribution in [2.24, 2.45) is 7.05 Å². The molecular formula is C35H38F2N8O4. The van der Waals surface area contributed by atoms with E-state index in [2.05, 4.69) is 25.1 Å². The maximum atomic E-state index is 14.2. The van der Waals surface area contributed by atoms with Crippen LogP contribution in [0.15, 0.2) is 53.7 Å². The highest BCUT2D eigenvalue weighted by atomic mass is 19.3. The van der Waals surface area contributed by atoms with E-state index in [1.54, 1.807) is 42.2 Å². The summed E-state index contributed by atoms with van der Waals surface area (Å²) in [5.41, 5.74) is 4.38. The summed E-state index contributed by atoms with van der Waals surface area (Å²) < 4.78 is 37.0. The van der Waals surface area contributed by atoms with E-state index in [1.165, 1.54) is 9.47 Å². The number of rotatable bonds is 7. The van der Waals surface area contributed by atoms with Crippen LogP contribution < -0.4 is 20.7 Å². The van der Waals surface area contributed by atoms with Crippen molar-refractivity contribution < 1.29 is 23.4 Å². The Bertz CT molecular complexity index is 1970. The molecule has 4 aromatic heterocycles. The third-order valence-electron chi connectivity index (χ3n) is 10.3. The normalized spacial score (nSPS) is 19.4. The van der Waals surface area contributed by atoms with Gasteiger partial charge in [-0.25, -0.2) is 18.7 Å². The lowest BCUT2D eigenvalue weighted by Crippen LogP contribution is -2.56. The molecule has 256 valence electrons. The molecule has 2 N–H and O–H groups in total. The molecule has 1 amide bonds. The monoisotopic (exact) mass is 672 g/mol. The number of halogens is 2. The lowest BCUT2D eigenvalue weighted by Gasteiger charge is -2.43. The van der Waals surface area contributed by atoms with Gasteiger partial charge in [-0.05, 0) is 47.9 Å². The highest BCUT2D eigenvalue weighted by molar-refractivity contribution is 6.06. The van der Waals surface area contributed by atoms with Gasteiger partial charge in [-0.3, -0.25) is 19.4 Å². The number of anilines is 4. The van der Waals surface area contributed by atoms with E-state index in [4.69, 9.17) is 4.74 Å². The zero-order chi connectivity index (χ0) is 33.9. The molecule has 12 nitrogen and oxygen atoms in total. The number of nitrogens with zero attached hydrogens (tertiary/aromatic N) is 7. The molecule has 0 spiro atoms. The number of alkyl halides is 2. The van der Waals surface area contributed by atoms with Crippen molar-refractivity contribution >= 4 is 28.9 Å². The number of aromatic nitrogens is 4. The Morgan fingerprint density at radius 2 is 1.86 bits per heavy atom. The lowest BCUT2D eigenvalue weighted by atomic mass is 9.94. The first-order valence-corrected chi connectivity index (χ1v) is 16.7. The van der Waals surface area contributed by atoms with Crippen molar-refractivity contribution in [1.29, 1.82) is 0 Å². The van der Waals surface area contributed by atoms with Crippen LogP contribution in [-0.2, 0) is 37.8 Å². The molecule has 0 saturated carbocycles. The molecule has 2 fully saturated rings. The topological polar surface area (TPSA) is 121 Å². The number of carbonyl (C=O) groups excluding carboxylic acids is 1. The Morgan fingerprint density at radius 1 is 1.04 bits per heavy atom. The van der Waals surface area contributed by atoms with Gasteiger partial charge in [-0.2, -0.15) is 0 Å². The number of hydrogen-bond acceptors (Lipinski definition) is 9. The van der Waals surface area contributed by atoms with Crippen molar-refractivity contribution in [1.82, 2.24) is 24.0 Å².